The van der Waals surface area contributed by atoms with Crippen molar-refractivity contribution in [2.45, 2.75) is 23.7 Å². The van der Waals surface area contributed by atoms with Crippen molar-refractivity contribution in [2.75, 3.05) is 19.3 Å². The van der Waals surface area contributed by atoms with Gasteiger partial charge >= 0.3 is 0 Å². The van der Waals surface area contributed by atoms with Crippen LogP contribution in [0.5, 0.6) is 0 Å². The van der Waals surface area contributed by atoms with E-state index in [1.54, 1.807) is 12.1 Å². The summed E-state index contributed by atoms with van der Waals surface area (Å²) in [6.07, 6.45) is 3.42. The Hall–Kier alpha value is -0.390. The van der Waals surface area contributed by atoms with Crippen molar-refractivity contribution in [1.82, 2.24) is 5.32 Å². The number of piperidine rings is 1. The van der Waals surface area contributed by atoms with E-state index < -0.39 is 9.84 Å². The number of benzene rings is 1. The van der Waals surface area contributed by atoms with E-state index >= 15 is 0 Å². The highest BCUT2D eigenvalue weighted by atomic mass is 79.9. The third-order valence-corrected chi connectivity index (χ3v) is 4.77. The molecule has 17 heavy (non-hydrogen) atoms. The molecule has 0 bridgehead atoms. The van der Waals surface area contributed by atoms with Crippen LogP contribution in [0, 0.1) is 0 Å². The Balaban J connectivity index is 2.46. The molecule has 1 aromatic carbocycles. The van der Waals surface area contributed by atoms with Crippen LogP contribution in [0.1, 0.15) is 24.3 Å². The first-order valence-corrected chi connectivity index (χ1v) is 8.37. The molecule has 1 N–H and O–H groups in total. The number of nitrogens with one attached hydrogen (secondary N) is 1. The van der Waals surface area contributed by atoms with Gasteiger partial charge in [0.25, 0.3) is 0 Å². The molecule has 0 aliphatic carbocycles. The van der Waals surface area contributed by atoms with Gasteiger partial charge in [0.1, 0.15) is 0 Å². The molecule has 0 aromatic heterocycles. The molecule has 1 fully saturated rings. The molecule has 1 atom stereocenters. The van der Waals surface area contributed by atoms with Crippen molar-refractivity contribution in [2.24, 2.45) is 0 Å². The SMILES string of the molecule is CS(=O)(=O)c1ccc(Br)cc1C1CCCNC1. The third-order valence-electron chi connectivity index (χ3n) is 3.11. The molecular weight excluding hydrogens is 302 g/mol. The molecule has 0 amide bonds. The lowest BCUT2D eigenvalue weighted by Crippen LogP contribution is -2.29. The lowest BCUT2D eigenvalue weighted by molar-refractivity contribution is 0.456. The minimum absolute atomic E-state index is 0.297. The second-order valence-electron chi connectivity index (χ2n) is 4.50. The van der Waals surface area contributed by atoms with Crippen molar-refractivity contribution >= 4 is 25.8 Å². The fourth-order valence-electron chi connectivity index (χ4n) is 2.29. The minimum Gasteiger partial charge on any atom is -0.316 e. The van der Waals surface area contributed by atoms with Crippen LogP contribution in [0.3, 0.4) is 0 Å². The Labute approximate surface area is 111 Å². The summed E-state index contributed by atoms with van der Waals surface area (Å²) in [4.78, 5) is 0.467. The van der Waals surface area contributed by atoms with E-state index in [4.69, 9.17) is 0 Å². The first-order valence-electron chi connectivity index (χ1n) is 5.69. The van der Waals surface area contributed by atoms with Crippen LogP contribution in [-0.4, -0.2) is 27.8 Å². The average Bonchev–Trinajstić information content (AvgIpc) is 2.28. The first-order chi connectivity index (χ1) is 7.98. The van der Waals surface area contributed by atoms with Crippen molar-refractivity contribution < 1.29 is 8.42 Å². The quantitative estimate of drug-likeness (QED) is 0.910. The van der Waals surface area contributed by atoms with Crippen molar-refractivity contribution in [3.63, 3.8) is 0 Å². The zero-order chi connectivity index (χ0) is 12.5. The summed E-state index contributed by atoms with van der Waals surface area (Å²) in [6, 6.07) is 5.42. The lowest BCUT2D eigenvalue weighted by Gasteiger charge is -2.25. The average molecular weight is 318 g/mol. The monoisotopic (exact) mass is 317 g/mol. The van der Waals surface area contributed by atoms with Gasteiger partial charge in [0.05, 0.1) is 4.90 Å². The minimum atomic E-state index is -3.15. The van der Waals surface area contributed by atoms with Gasteiger partial charge < -0.3 is 5.32 Å². The van der Waals surface area contributed by atoms with E-state index in [0.29, 0.717) is 10.8 Å². The molecule has 0 spiro atoms. The summed E-state index contributed by atoms with van der Waals surface area (Å²) in [5.74, 6) is 0.297. The number of halogens is 1. The Kier molecular flexibility index (Phi) is 3.90. The van der Waals surface area contributed by atoms with Crippen LogP contribution in [0.2, 0.25) is 0 Å². The highest BCUT2D eigenvalue weighted by Gasteiger charge is 2.22. The summed E-state index contributed by atoms with van der Waals surface area (Å²) in [5, 5.41) is 3.32. The van der Waals surface area contributed by atoms with E-state index in [9.17, 15) is 8.42 Å². The molecule has 1 aromatic rings. The normalized spacial score (nSPS) is 21.4. The number of sulfone groups is 1. The van der Waals surface area contributed by atoms with Gasteiger partial charge in [-0.2, -0.15) is 0 Å². The summed E-state index contributed by atoms with van der Waals surface area (Å²) in [6.45, 7) is 1.89. The second kappa shape index (κ2) is 5.08. The molecule has 94 valence electrons. The molecule has 5 heteroatoms. The van der Waals surface area contributed by atoms with Crippen LogP contribution in [-0.2, 0) is 9.84 Å². The summed E-state index contributed by atoms with van der Waals surface area (Å²) in [7, 11) is -3.15. The molecule has 3 nitrogen and oxygen atoms in total. The molecule has 1 saturated heterocycles. The Bertz CT molecular complexity index is 507. The van der Waals surface area contributed by atoms with Crippen molar-refractivity contribution in [1.29, 1.82) is 0 Å². The van der Waals surface area contributed by atoms with E-state index in [1.807, 2.05) is 6.07 Å². The maximum Gasteiger partial charge on any atom is 0.175 e. The van der Waals surface area contributed by atoms with E-state index in [-0.39, 0.29) is 0 Å². The van der Waals surface area contributed by atoms with Gasteiger partial charge in [0.2, 0.25) is 0 Å². The second-order valence-corrected chi connectivity index (χ2v) is 7.40. The van der Waals surface area contributed by atoms with Crippen LogP contribution in [0.25, 0.3) is 0 Å². The van der Waals surface area contributed by atoms with Gasteiger partial charge in [-0.3, -0.25) is 0 Å². The zero-order valence-electron chi connectivity index (χ0n) is 9.74. The predicted octanol–water partition coefficient (Wildman–Crippen LogP) is 2.32. The molecule has 0 radical (unpaired) electrons. The number of hydrogen-bond acceptors (Lipinski definition) is 3. The highest BCUT2D eigenvalue weighted by molar-refractivity contribution is 9.10. The van der Waals surface area contributed by atoms with Gasteiger partial charge in [-0.15, -0.1) is 0 Å². The van der Waals surface area contributed by atoms with Crippen molar-refractivity contribution in [3.8, 4) is 0 Å². The highest BCUT2D eigenvalue weighted by Crippen LogP contribution is 2.31. The zero-order valence-corrected chi connectivity index (χ0v) is 12.1. The van der Waals surface area contributed by atoms with Crippen LogP contribution in [0.4, 0.5) is 0 Å². The van der Waals surface area contributed by atoms with Gasteiger partial charge in [0.15, 0.2) is 9.84 Å². The van der Waals surface area contributed by atoms with E-state index in [1.165, 1.54) is 6.26 Å². The molecule has 1 unspecified atom stereocenters. The van der Waals surface area contributed by atoms with Gasteiger partial charge in [-0.1, -0.05) is 15.9 Å². The van der Waals surface area contributed by atoms with Crippen LogP contribution < -0.4 is 5.32 Å². The van der Waals surface area contributed by atoms with Crippen LogP contribution in [0.15, 0.2) is 27.6 Å². The van der Waals surface area contributed by atoms with E-state index in [2.05, 4.69) is 21.2 Å². The fraction of sp³-hybridized carbons (Fsp3) is 0.500. The molecule has 1 heterocycles. The van der Waals surface area contributed by atoms with Crippen molar-refractivity contribution in [3.05, 3.63) is 28.2 Å². The first kappa shape index (κ1) is 13.1. The molecule has 0 saturated carbocycles. The molecule has 1 aliphatic heterocycles. The molecular formula is C12H16BrNO2S. The predicted molar refractivity (Wildman–Crippen MR) is 72.1 cm³/mol. The van der Waals surface area contributed by atoms with Gasteiger partial charge in [-0.05, 0) is 49.1 Å². The smallest absolute Gasteiger partial charge is 0.175 e. The Morgan fingerprint density at radius 3 is 2.76 bits per heavy atom. The number of rotatable bonds is 2. The summed E-state index contributed by atoms with van der Waals surface area (Å²) < 4.78 is 24.5. The summed E-state index contributed by atoms with van der Waals surface area (Å²) in [5.41, 5.74) is 0.939. The molecule has 1 aliphatic rings. The molecule has 2 rings (SSSR count). The Morgan fingerprint density at radius 2 is 2.18 bits per heavy atom. The van der Waals surface area contributed by atoms with Crippen LogP contribution >= 0.6 is 15.9 Å². The third kappa shape index (κ3) is 3.09. The standard InChI is InChI=1S/C12H16BrNO2S/c1-17(15,16)12-5-4-10(13)7-11(12)9-3-2-6-14-8-9/h4-5,7,9,14H,2-3,6,8H2,1H3. The van der Waals surface area contributed by atoms with Gasteiger partial charge in [-0.25, -0.2) is 8.42 Å². The van der Waals surface area contributed by atoms with E-state index in [0.717, 1.165) is 36.0 Å². The lowest BCUT2D eigenvalue weighted by atomic mass is 9.92. The largest absolute Gasteiger partial charge is 0.316 e. The maximum atomic E-state index is 11.8. The fourth-order valence-corrected chi connectivity index (χ4v) is 3.64. The summed E-state index contributed by atoms with van der Waals surface area (Å²) >= 11 is 3.41. The Morgan fingerprint density at radius 1 is 1.41 bits per heavy atom. The topological polar surface area (TPSA) is 46.2 Å². The van der Waals surface area contributed by atoms with Gasteiger partial charge in [0, 0.05) is 17.3 Å². The maximum absolute atomic E-state index is 11.8. The number of hydrogen-bond donors (Lipinski definition) is 1.